The van der Waals surface area contributed by atoms with Crippen LogP contribution in [0, 0.1) is 0 Å². The molecule has 2 aromatic rings. The Morgan fingerprint density at radius 1 is 1.30 bits per heavy atom. The molecule has 6 nitrogen and oxygen atoms in total. The Kier molecular flexibility index (Phi) is 3.90. The third kappa shape index (κ3) is 2.72. The highest BCUT2D eigenvalue weighted by molar-refractivity contribution is 7.12. The van der Waals surface area contributed by atoms with Crippen molar-refractivity contribution in [3.63, 3.8) is 0 Å². The van der Waals surface area contributed by atoms with Gasteiger partial charge in [0.2, 0.25) is 0 Å². The van der Waals surface area contributed by atoms with E-state index in [1.165, 1.54) is 31.4 Å². The molecule has 0 radical (unpaired) electrons. The minimum atomic E-state index is -1.12. The lowest BCUT2D eigenvalue weighted by Gasteiger charge is -2.07. The monoisotopic (exact) mass is 293 g/mol. The van der Waals surface area contributed by atoms with Crippen molar-refractivity contribution in [2.45, 2.75) is 0 Å². The SMILES string of the molecule is COc1ccc(C(=O)Nc2ccsc2C(=O)O)c(O)c1. The number of hydrogen-bond donors (Lipinski definition) is 3. The number of carboxylic acids is 1. The fraction of sp³-hybridized carbons (Fsp3) is 0.0769. The van der Waals surface area contributed by atoms with E-state index in [0.717, 1.165) is 11.3 Å². The number of rotatable bonds is 4. The molecule has 7 heteroatoms. The number of thiophene rings is 1. The summed E-state index contributed by atoms with van der Waals surface area (Å²) in [5.41, 5.74) is 0.232. The van der Waals surface area contributed by atoms with Gasteiger partial charge in [0.25, 0.3) is 5.91 Å². The lowest BCUT2D eigenvalue weighted by Crippen LogP contribution is -2.13. The third-order valence-corrected chi connectivity index (χ3v) is 3.46. The van der Waals surface area contributed by atoms with E-state index in [2.05, 4.69) is 5.32 Å². The van der Waals surface area contributed by atoms with Crippen LogP contribution in [0.25, 0.3) is 0 Å². The van der Waals surface area contributed by atoms with Gasteiger partial charge in [0.15, 0.2) is 0 Å². The zero-order valence-electron chi connectivity index (χ0n) is 10.4. The molecule has 2 rings (SSSR count). The van der Waals surface area contributed by atoms with Crippen molar-refractivity contribution in [2.24, 2.45) is 0 Å². The average Bonchev–Trinajstić information content (AvgIpc) is 2.86. The molecule has 20 heavy (non-hydrogen) atoms. The van der Waals surface area contributed by atoms with Gasteiger partial charge in [-0.3, -0.25) is 4.79 Å². The first kappa shape index (κ1) is 13.9. The second-order valence-electron chi connectivity index (χ2n) is 3.81. The Hall–Kier alpha value is -2.54. The van der Waals surface area contributed by atoms with Crippen molar-refractivity contribution >= 4 is 28.9 Å². The normalized spacial score (nSPS) is 10.1. The van der Waals surface area contributed by atoms with Gasteiger partial charge in [-0.25, -0.2) is 4.79 Å². The predicted molar refractivity (Wildman–Crippen MR) is 73.9 cm³/mol. The van der Waals surface area contributed by atoms with Crippen LogP contribution < -0.4 is 10.1 Å². The third-order valence-electron chi connectivity index (χ3n) is 2.56. The van der Waals surface area contributed by atoms with Gasteiger partial charge in [-0.1, -0.05) is 0 Å². The largest absolute Gasteiger partial charge is 0.507 e. The van der Waals surface area contributed by atoms with Crippen LogP contribution >= 0.6 is 11.3 Å². The molecule has 0 saturated carbocycles. The standard InChI is InChI=1S/C13H11NO5S/c1-19-7-2-3-8(10(15)6-7)12(16)14-9-4-5-20-11(9)13(17)18/h2-6,15H,1H3,(H,14,16)(H,17,18). The number of hydrogen-bond acceptors (Lipinski definition) is 5. The summed E-state index contributed by atoms with van der Waals surface area (Å²) in [6.07, 6.45) is 0. The van der Waals surface area contributed by atoms with Crippen molar-refractivity contribution < 1.29 is 24.5 Å². The number of carbonyl (C=O) groups is 2. The van der Waals surface area contributed by atoms with Gasteiger partial charge in [-0.15, -0.1) is 11.3 Å². The molecule has 0 aliphatic carbocycles. The molecule has 0 spiro atoms. The van der Waals surface area contributed by atoms with Gasteiger partial charge in [0.05, 0.1) is 18.4 Å². The van der Waals surface area contributed by atoms with E-state index in [4.69, 9.17) is 9.84 Å². The van der Waals surface area contributed by atoms with Gasteiger partial charge in [0.1, 0.15) is 16.4 Å². The molecule has 0 bridgehead atoms. The Morgan fingerprint density at radius 2 is 2.05 bits per heavy atom. The molecule has 1 aromatic heterocycles. The molecular weight excluding hydrogens is 282 g/mol. The van der Waals surface area contributed by atoms with E-state index in [0.29, 0.717) is 5.75 Å². The number of methoxy groups -OCH3 is 1. The Morgan fingerprint density at radius 3 is 2.65 bits per heavy atom. The molecule has 0 aliphatic heterocycles. The van der Waals surface area contributed by atoms with E-state index in [-0.39, 0.29) is 21.9 Å². The van der Waals surface area contributed by atoms with E-state index in [1.807, 2.05) is 0 Å². The second-order valence-corrected chi connectivity index (χ2v) is 4.72. The molecule has 3 N–H and O–H groups in total. The van der Waals surface area contributed by atoms with Crippen molar-refractivity contribution in [1.82, 2.24) is 0 Å². The summed E-state index contributed by atoms with van der Waals surface area (Å²) in [6, 6.07) is 5.73. The van der Waals surface area contributed by atoms with Crippen LogP contribution in [0.5, 0.6) is 11.5 Å². The number of ether oxygens (including phenoxy) is 1. The highest BCUT2D eigenvalue weighted by Gasteiger charge is 2.17. The maximum Gasteiger partial charge on any atom is 0.348 e. The van der Waals surface area contributed by atoms with Crippen molar-refractivity contribution in [1.29, 1.82) is 0 Å². The average molecular weight is 293 g/mol. The summed E-state index contributed by atoms with van der Waals surface area (Å²) in [5, 5.41) is 22.7. The van der Waals surface area contributed by atoms with Crippen LogP contribution in [0.15, 0.2) is 29.6 Å². The number of phenols is 1. The summed E-state index contributed by atoms with van der Waals surface area (Å²) < 4.78 is 4.92. The topological polar surface area (TPSA) is 95.9 Å². The lowest BCUT2D eigenvalue weighted by atomic mass is 10.1. The number of carboxylic acid groups (broad SMARTS) is 1. The Labute approximate surface area is 118 Å². The molecule has 1 aromatic carbocycles. The highest BCUT2D eigenvalue weighted by Crippen LogP contribution is 2.26. The Balaban J connectivity index is 2.24. The number of aromatic carboxylic acids is 1. The van der Waals surface area contributed by atoms with E-state index in [9.17, 15) is 14.7 Å². The summed E-state index contributed by atoms with van der Waals surface area (Å²) in [5.74, 6) is -1.53. The van der Waals surface area contributed by atoms with Crippen LogP contribution in [0.3, 0.4) is 0 Å². The number of phenolic OH excluding ortho intramolecular Hbond substituents is 1. The molecule has 0 aliphatic rings. The number of anilines is 1. The first-order chi connectivity index (χ1) is 9.52. The maximum absolute atomic E-state index is 12.0. The zero-order chi connectivity index (χ0) is 14.7. The van der Waals surface area contributed by atoms with Crippen LogP contribution in [0.4, 0.5) is 5.69 Å². The summed E-state index contributed by atoms with van der Waals surface area (Å²) in [4.78, 5) is 23.0. The van der Waals surface area contributed by atoms with Gasteiger partial charge >= 0.3 is 5.97 Å². The van der Waals surface area contributed by atoms with E-state index in [1.54, 1.807) is 5.38 Å². The van der Waals surface area contributed by atoms with Crippen molar-refractivity contribution in [3.05, 3.63) is 40.1 Å². The minimum Gasteiger partial charge on any atom is -0.507 e. The van der Waals surface area contributed by atoms with E-state index >= 15 is 0 Å². The number of carbonyl (C=O) groups excluding carboxylic acids is 1. The molecular formula is C13H11NO5S. The van der Waals surface area contributed by atoms with Crippen LogP contribution in [-0.4, -0.2) is 29.2 Å². The molecule has 0 unspecified atom stereocenters. The number of benzene rings is 1. The number of nitrogens with one attached hydrogen (secondary N) is 1. The zero-order valence-corrected chi connectivity index (χ0v) is 11.2. The number of amides is 1. The summed E-state index contributed by atoms with van der Waals surface area (Å²) in [7, 11) is 1.44. The predicted octanol–water partition coefficient (Wildman–Crippen LogP) is 2.41. The first-order valence-corrected chi connectivity index (χ1v) is 6.40. The summed E-state index contributed by atoms with van der Waals surface area (Å²) >= 11 is 1.01. The minimum absolute atomic E-state index is 0.0337. The summed E-state index contributed by atoms with van der Waals surface area (Å²) in [6.45, 7) is 0. The molecule has 1 amide bonds. The second kappa shape index (κ2) is 5.62. The quantitative estimate of drug-likeness (QED) is 0.804. The fourth-order valence-corrected chi connectivity index (χ4v) is 2.28. The lowest BCUT2D eigenvalue weighted by molar-refractivity contribution is 0.0703. The van der Waals surface area contributed by atoms with Gasteiger partial charge < -0.3 is 20.3 Å². The highest BCUT2D eigenvalue weighted by atomic mass is 32.1. The van der Waals surface area contributed by atoms with Gasteiger partial charge in [-0.2, -0.15) is 0 Å². The molecule has 1 heterocycles. The maximum atomic E-state index is 12.0. The van der Waals surface area contributed by atoms with Gasteiger partial charge in [-0.05, 0) is 23.6 Å². The Bertz CT molecular complexity index is 665. The van der Waals surface area contributed by atoms with Gasteiger partial charge in [0, 0.05) is 6.07 Å². The number of aromatic hydroxyl groups is 1. The molecule has 0 atom stereocenters. The van der Waals surface area contributed by atoms with Crippen LogP contribution in [0.1, 0.15) is 20.0 Å². The van der Waals surface area contributed by atoms with Crippen molar-refractivity contribution in [2.75, 3.05) is 12.4 Å². The molecule has 0 fully saturated rings. The first-order valence-electron chi connectivity index (χ1n) is 5.52. The van der Waals surface area contributed by atoms with Crippen molar-refractivity contribution in [3.8, 4) is 11.5 Å². The van der Waals surface area contributed by atoms with Crippen LogP contribution in [-0.2, 0) is 0 Å². The van der Waals surface area contributed by atoms with Crippen LogP contribution in [0.2, 0.25) is 0 Å². The van der Waals surface area contributed by atoms with E-state index < -0.39 is 11.9 Å². The smallest absolute Gasteiger partial charge is 0.348 e. The molecule has 0 saturated heterocycles. The fourth-order valence-electron chi connectivity index (χ4n) is 1.59. The molecule has 104 valence electrons.